The van der Waals surface area contributed by atoms with E-state index in [9.17, 15) is 9.18 Å². The molecule has 1 heterocycles. The molecule has 20 heavy (non-hydrogen) atoms. The van der Waals surface area contributed by atoms with Gasteiger partial charge in [-0.2, -0.15) is 0 Å². The van der Waals surface area contributed by atoms with E-state index in [1.165, 1.54) is 23.5 Å². The fraction of sp³-hybridized carbons (Fsp3) is 0.286. The van der Waals surface area contributed by atoms with Crippen LogP contribution in [-0.2, 0) is 11.3 Å². The van der Waals surface area contributed by atoms with Crippen LogP contribution in [0.25, 0.3) is 0 Å². The van der Waals surface area contributed by atoms with Gasteiger partial charge in [-0.1, -0.05) is 11.3 Å². The zero-order valence-corrected chi connectivity index (χ0v) is 12.1. The maximum absolute atomic E-state index is 13.0. The van der Waals surface area contributed by atoms with E-state index in [1.807, 2.05) is 11.8 Å². The van der Waals surface area contributed by atoms with Gasteiger partial charge in [0.1, 0.15) is 5.82 Å². The Bertz CT molecular complexity index is 583. The number of anilines is 2. The third kappa shape index (κ3) is 3.02. The molecule has 0 spiro atoms. The van der Waals surface area contributed by atoms with Crippen LogP contribution in [0.3, 0.4) is 0 Å². The SMILES string of the molecule is CCN(c1ccc(F)cc1)c1nc(COC)c(C=O)s1. The molecule has 0 N–H and O–H groups in total. The van der Waals surface area contributed by atoms with Crippen molar-refractivity contribution in [3.63, 3.8) is 0 Å². The highest BCUT2D eigenvalue weighted by atomic mass is 32.1. The predicted octanol–water partition coefficient (Wildman–Crippen LogP) is 3.40. The minimum absolute atomic E-state index is 0.280. The molecule has 0 aliphatic rings. The van der Waals surface area contributed by atoms with Gasteiger partial charge < -0.3 is 9.64 Å². The summed E-state index contributed by atoms with van der Waals surface area (Å²) in [6.07, 6.45) is 0.786. The monoisotopic (exact) mass is 294 g/mol. The summed E-state index contributed by atoms with van der Waals surface area (Å²) >= 11 is 1.30. The van der Waals surface area contributed by atoms with Crippen LogP contribution >= 0.6 is 11.3 Å². The van der Waals surface area contributed by atoms with Crippen LogP contribution in [0, 0.1) is 5.82 Å². The smallest absolute Gasteiger partial charge is 0.190 e. The normalized spacial score (nSPS) is 10.6. The number of thiazole rings is 1. The maximum Gasteiger partial charge on any atom is 0.190 e. The van der Waals surface area contributed by atoms with Gasteiger partial charge in [-0.05, 0) is 31.2 Å². The van der Waals surface area contributed by atoms with E-state index in [0.717, 1.165) is 12.0 Å². The summed E-state index contributed by atoms with van der Waals surface area (Å²) in [6.45, 7) is 2.94. The Hall–Kier alpha value is -1.79. The second kappa shape index (κ2) is 6.58. The third-order valence-corrected chi connectivity index (χ3v) is 3.84. The van der Waals surface area contributed by atoms with Gasteiger partial charge in [0.05, 0.1) is 17.2 Å². The molecule has 0 amide bonds. The van der Waals surface area contributed by atoms with Crippen molar-refractivity contribution in [3.8, 4) is 0 Å². The summed E-state index contributed by atoms with van der Waals surface area (Å²) in [5.74, 6) is -0.280. The highest BCUT2D eigenvalue weighted by molar-refractivity contribution is 7.17. The molecule has 1 aromatic carbocycles. The molecule has 0 bridgehead atoms. The molecule has 0 aliphatic heterocycles. The second-order valence-corrected chi connectivity index (χ2v) is 5.09. The Labute approximate surface area is 120 Å². The van der Waals surface area contributed by atoms with E-state index in [1.54, 1.807) is 19.2 Å². The lowest BCUT2D eigenvalue weighted by Crippen LogP contribution is -2.15. The second-order valence-electron chi connectivity index (χ2n) is 4.08. The Morgan fingerprint density at radius 2 is 2.10 bits per heavy atom. The largest absolute Gasteiger partial charge is 0.378 e. The van der Waals surface area contributed by atoms with E-state index < -0.39 is 0 Å². The number of methoxy groups -OCH3 is 1. The predicted molar refractivity (Wildman–Crippen MR) is 77.3 cm³/mol. The first-order chi connectivity index (χ1) is 9.69. The lowest BCUT2D eigenvalue weighted by atomic mass is 10.3. The van der Waals surface area contributed by atoms with Gasteiger partial charge in [0.2, 0.25) is 0 Å². The van der Waals surface area contributed by atoms with Crippen LogP contribution in [0.4, 0.5) is 15.2 Å². The fourth-order valence-electron chi connectivity index (χ4n) is 1.85. The standard InChI is InChI=1S/C14H15FN2O2S/c1-3-17(11-6-4-10(15)5-7-11)14-16-12(9-19-2)13(8-18)20-14/h4-8H,3,9H2,1-2H3. The number of hydrogen-bond donors (Lipinski definition) is 0. The number of nitrogens with zero attached hydrogens (tertiary/aromatic N) is 2. The minimum Gasteiger partial charge on any atom is -0.378 e. The Kier molecular flexibility index (Phi) is 4.81. The molecule has 6 heteroatoms. The van der Waals surface area contributed by atoms with E-state index in [0.29, 0.717) is 28.9 Å². The molecule has 0 radical (unpaired) electrons. The average molecular weight is 294 g/mol. The number of ether oxygens (including phenoxy) is 1. The number of benzene rings is 1. The van der Waals surface area contributed by atoms with Crippen LogP contribution in [0.2, 0.25) is 0 Å². The number of hydrogen-bond acceptors (Lipinski definition) is 5. The molecule has 0 atom stereocenters. The third-order valence-electron chi connectivity index (χ3n) is 2.79. The summed E-state index contributed by atoms with van der Waals surface area (Å²) in [7, 11) is 1.56. The molecule has 0 saturated carbocycles. The van der Waals surface area contributed by atoms with Crippen molar-refractivity contribution in [2.24, 2.45) is 0 Å². The van der Waals surface area contributed by atoms with Gasteiger partial charge in [-0.15, -0.1) is 0 Å². The topological polar surface area (TPSA) is 42.4 Å². The van der Waals surface area contributed by atoms with Gasteiger partial charge in [0.15, 0.2) is 11.4 Å². The summed E-state index contributed by atoms with van der Waals surface area (Å²) in [5, 5.41) is 0.702. The molecule has 4 nitrogen and oxygen atoms in total. The van der Waals surface area contributed by atoms with Crippen LogP contribution in [-0.4, -0.2) is 24.9 Å². The highest BCUT2D eigenvalue weighted by Gasteiger charge is 2.16. The molecule has 0 fully saturated rings. The number of carbonyl (C=O) groups is 1. The quantitative estimate of drug-likeness (QED) is 0.766. The van der Waals surface area contributed by atoms with E-state index in [-0.39, 0.29) is 5.82 Å². The first-order valence-corrected chi connectivity index (χ1v) is 6.98. The molecule has 2 aromatic rings. The Balaban J connectivity index is 2.36. The number of rotatable bonds is 6. The van der Waals surface area contributed by atoms with Crippen molar-refractivity contribution >= 4 is 28.4 Å². The number of aromatic nitrogens is 1. The van der Waals surface area contributed by atoms with Gasteiger partial charge in [0, 0.05) is 19.3 Å². The Morgan fingerprint density at radius 1 is 1.40 bits per heavy atom. The summed E-state index contributed by atoms with van der Waals surface area (Å²) < 4.78 is 18.0. The molecular weight excluding hydrogens is 279 g/mol. The maximum atomic E-state index is 13.0. The first-order valence-electron chi connectivity index (χ1n) is 6.16. The number of carbonyl (C=O) groups excluding carboxylic acids is 1. The first kappa shape index (κ1) is 14.6. The van der Waals surface area contributed by atoms with Crippen molar-refractivity contribution in [2.45, 2.75) is 13.5 Å². The summed E-state index contributed by atoms with van der Waals surface area (Å²) in [5.41, 5.74) is 1.46. The Morgan fingerprint density at radius 3 is 2.65 bits per heavy atom. The van der Waals surface area contributed by atoms with Crippen molar-refractivity contribution < 1.29 is 13.9 Å². The van der Waals surface area contributed by atoms with Crippen LogP contribution < -0.4 is 4.90 Å². The van der Waals surface area contributed by atoms with Gasteiger partial charge >= 0.3 is 0 Å². The van der Waals surface area contributed by atoms with Crippen LogP contribution in [0.1, 0.15) is 22.3 Å². The van der Waals surface area contributed by atoms with Crippen LogP contribution in [0.15, 0.2) is 24.3 Å². The zero-order valence-electron chi connectivity index (χ0n) is 11.3. The molecule has 106 valence electrons. The van der Waals surface area contributed by atoms with Gasteiger partial charge in [0.25, 0.3) is 0 Å². The zero-order chi connectivity index (χ0) is 14.5. The number of halogens is 1. The van der Waals surface area contributed by atoms with Crippen molar-refractivity contribution in [1.82, 2.24) is 4.98 Å². The molecule has 2 rings (SSSR count). The van der Waals surface area contributed by atoms with Crippen molar-refractivity contribution in [3.05, 3.63) is 40.7 Å². The molecule has 0 aliphatic carbocycles. The minimum atomic E-state index is -0.280. The molecule has 0 unspecified atom stereocenters. The van der Waals surface area contributed by atoms with Crippen LogP contribution in [0.5, 0.6) is 0 Å². The van der Waals surface area contributed by atoms with Gasteiger partial charge in [-0.25, -0.2) is 9.37 Å². The lowest BCUT2D eigenvalue weighted by molar-refractivity contribution is 0.112. The highest BCUT2D eigenvalue weighted by Crippen LogP contribution is 2.31. The summed E-state index contributed by atoms with van der Waals surface area (Å²) in [4.78, 5) is 18.0. The van der Waals surface area contributed by atoms with Crippen molar-refractivity contribution in [2.75, 3.05) is 18.6 Å². The molecule has 0 saturated heterocycles. The molecule has 1 aromatic heterocycles. The summed E-state index contributed by atoms with van der Waals surface area (Å²) in [6, 6.07) is 6.19. The van der Waals surface area contributed by atoms with E-state index in [4.69, 9.17) is 4.74 Å². The van der Waals surface area contributed by atoms with Gasteiger partial charge in [-0.3, -0.25) is 4.79 Å². The average Bonchev–Trinajstić information content (AvgIpc) is 2.85. The fourth-order valence-corrected chi connectivity index (χ4v) is 2.82. The number of aldehydes is 1. The van der Waals surface area contributed by atoms with E-state index in [2.05, 4.69) is 4.98 Å². The van der Waals surface area contributed by atoms with E-state index >= 15 is 0 Å². The lowest BCUT2D eigenvalue weighted by Gasteiger charge is -2.19. The van der Waals surface area contributed by atoms with Crippen molar-refractivity contribution in [1.29, 1.82) is 0 Å². The molecular formula is C14H15FN2O2S.